The van der Waals surface area contributed by atoms with Gasteiger partial charge in [-0.1, -0.05) is 25.2 Å². The maximum atomic E-state index is 10.8. The Balaban J connectivity index is 2.40. The van der Waals surface area contributed by atoms with Crippen molar-refractivity contribution >= 4 is 17.3 Å². The Hall–Kier alpha value is -1.30. The fourth-order valence-corrected chi connectivity index (χ4v) is 1.50. The number of nitrogens with two attached hydrogens (primary N) is 1. The summed E-state index contributed by atoms with van der Waals surface area (Å²) in [6.45, 7) is 5.40. The zero-order valence-electron chi connectivity index (χ0n) is 8.91. The van der Waals surface area contributed by atoms with Gasteiger partial charge in [0.05, 0.1) is 12.2 Å². The summed E-state index contributed by atoms with van der Waals surface area (Å²) in [5.41, 5.74) is 6.42. The standard InChI is InChI=1S/C9H16N4OS/c1-6(2)3-11-8(10)12-4-7-5-15-9(14)13-7/h5-6H,3-4H2,1-2H3,(H,13,14)(H3,10,11,12). The van der Waals surface area contributed by atoms with Crippen LogP contribution in [0.4, 0.5) is 0 Å². The SMILES string of the molecule is CC(C)CNC(N)=NCc1csc(=O)[nH]1. The fourth-order valence-electron chi connectivity index (χ4n) is 0.926. The van der Waals surface area contributed by atoms with Gasteiger partial charge in [0.15, 0.2) is 5.96 Å². The van der Waals surface area contributed by atoms with E-state index in [0.717, 1.165) is 23.6 Å². The molecule has 5 nitrogen and oxygen atoms in total. The summed E-state index contributed by atoms with van der Waals surface area (Å²) in [5, 5.41) is 4.75. The number of nitrogens with one attached hydrogen (secondary N) is 2. The molecule has 0 aliphatic rings. The van der Waals surface area contributed by atoms with E-state index in [2.05, 4.69) is 29.1 Å². The lowest BCUT2D eigenvalue weighted by Gasteiger charge is -2.07. The van der Waals surface area contributed by atoms with E-state index in [1.807, 2.05) is 0 Å². The number of thiazole rings is 1. The molecule has 0 spiro atoms. The molecule has 1 rings (SSSR count). The van der Waals surface area contributed by atoms with E-state index in [1.165, 1.54) is 0 Å². The van der Waals surface area contributed by atoms with Crippen molar-refractivity contribution in [2.24, 2.45) is 16.6 Å². The van der Waals surface area contributed by atoms with Crippen molar-refractivity contribution in [3.63, 3.8) is 0 Å². The first kappa shape index (κ1) is 11.8. The quantitative estimate of drug-likeness (QED) is 0.518. The minimum Gasteiger partial charge on any atom is -0.370 e. The van der Waals surface area contributed by atoms with E-state index < -0.39 is 0 Å². The molecule has 0 atom stereocenters. The largest absolute Gasteiger partial charge is 0.370 e. The van der Waals surface area contributed by atoms with E-state index in [0.29, 0.717) is 18.4 Å². The lowest BCUT2D eigenvalue weighted by atomic mass is 10.2. The van der Waals surface area contributed by atoms with Gasteiger partial charge in [0, 0.05) is 11.9 Å². The molecule has 0 unspecified atom stereocenters. The van der Waals surface area contributed by atoms with E-state index in [9.17, 15) is 4.79 Å². The summed E-state index contributed by atoms with van der Waals surface area (Å²) in [4.78, 5) is 17.5. The number of aliphatic imine (C=N–C) groups is 1. The highest BCUT2D eigenvalue weighted by molar-refractivity contribution is 7.07. The highest BCUT2D eigenvalue weighted by atomic mass is 32.1. The highest BCUT2D eigenvalue weighted by Gasteiger charge is 1.97. The monoisotopic (exact) mass is 228 g/mol. The van der Waals surface area contributed by atoms with Crippen molar-refractivity contribution < 1.29 is 0 Å². The Morgan fingerprint density at radius 1 is 1.73 bits per heavy atom. The number of guanidine groups is 1. The molecule has 1 aromatic heterocycles. The molecule has 1 heterocycles. The van der Waals surface area contributed by atoms with Crippen molar-refractivity contribution in [1.29, 1.82) is 0 Å². The van der Waals surface area contributed by atoms with Crippen molar-refractivity contribution in [3.8, 4) is 0 Å². The summed E-state index contributed by atoms with van der Waals surface area (Å²) in [6, 6.07) is 0. The van der Waals surface area contributed by atoms with Gasteiger partial charge in [-0.05, 0) is 5.92 Å². The first-order chi connectivity index (χ1) is 7.08. The molecular weight excluding hydrogens is 212 g/mol. The zero-order chi connectivity index (χ0) is 11.3. The van der Waals surface area contributed by atoms with Gasteiger partial charge in [-0.2, -0.15) is 0 Å². The molecular formula is C9H16N4OS. The van der Waals surface area contributed by atoms with Gasteiger partial charge in [0.25, 0.3) is 0 Å². The molecule has 1 aromatic rings. The van der Waals surface area contributed by atoms with Crippen molar-refractivity contribution in [2.75, 3.05) is 6.54 Å². The van der Waals surface area contributed by atoms with Crippen LogP contribution < -0.4 is 15.9 Å². The summed E-state index contributed by atoms with van der Waals surface area (Å²) in [6.07, 6.45) is 0. The van der Waals surface area contributed by atoms with Crippen molar-refractivity contribution in [3.05, 3.63) is 20.7 Å². The number of H-pyrrole nitrogens is 1. The predicted octanol–water partition coefficient (Wildman–Crippen LogP) is 0.497. The number of hydrogen-bond acceptors (Lipinski definition) is 3. The maximum absolute atomic E-state index is 10.8. The molecule has 0 amide bonds. The summed E-state index contributed by atoms with van der Waals surface area (Å²) >= 11 is 1.13. The Kier molecular flexibility index (Phi) is 4.36. The van der Waals surface area contributed by atoms with E-state index >= 15 is 0 Å². The molecule has 0 aromatic carbocycles. The molecule has 84 valence electrons. The van der Waals surface area contributed by atoms with Gasteiger partial charge in [-0.3, -0.25) is 4.79 Å². The molecule has 0 bridgehead atoms. The molecule has 0 aliphatic heterocycles. The third kappa shape index (κ3) is 4.64. The minimum absolute atomic E-state index is 0.0612. The van der Waals surface area contributed by atoms with Crippen LogP contribution in [-0.2, 0) is 6.54 Å². The molecule has 0 radical (unpaired) electrons. The third-order valence-corrected chi connectivity index (χ3v) is 2.40. The van der Waals surface area contributed by atoms with Gasteiger partial charge in [-0.15, -0.1) is 0 Å². The van der Waals surface area contributed by atoms with Crippen molar-refractivity contribution in [1.82, 2.24) is 10.3 Å². The highest BCUT2D eigenvalue weighted by Crippen LogP contribution is 1.97. The predicted molar refractivity (Wildman–Crippen MR) is 63.1 cm³/mol. The van der Waals surface area contributed by atoms with Crippen LogP contribution in [0.5, 0.6) is 0 Å². The Bertz CT molecular complexity index is 379. The number of aromatic amines is 1. The second kappa shape index (κ2) is 5.55. The van der Waals surface area contributed by atoms with Crippen LogP contribution in [0.15, 0.2) is 15.2 Å². The third-order valence-electron chi connectivity index (χ3n) is 1.68. The zero-order valence-corrected chi connectivity index (χ0v) is 9.73. The summed E-state index contributed by atoms with van der Waals surface area (Å²) in [7, 11) is 0. The van der Waals surface area contributed by atoms with Crippen LogP contribution >= 0.6 is 11.3 Å². The summed E-state index contributed by atoms with van der Waals surface area (Å²) < 4.78 is 0. The summed E-state index contributed by atoms with van der Waals surface area (Å²) in [5.74, 6) is 0.940. The van der Waals surface area contributed by atoms with Gasteiger partial charge in [0.1, 0.15) is 0 Å². The van der Waals surface area contributed by atoms with Gasteiger partial charge in [0.2, 0.25) is 0 Å². The fraction of sp³-hybridized carbons (Fsp3) is 0.556. The second-order valence-electron chi connectivity index (χ2n) is 3.65. The van der Waals surface area contributed by atoms with E-state index in [4.69, 9.17) is 5.73 Å². The number of rotatable bonds is 4. The molecule has 0 saturated heterocycles. The lowest BCUT2D eigenvalue weighted by molar-refractivity contribution is 0.621. The van der Waals surface area contributed by atoms with Crippen LogP contribution in [0.3, 0.4) is 0 Å². The van der Waals surface area contributed by atoms with Gasteiger partial charge < -0.3 is 16.0 Å². The molecule has 0 aliphatic carbocycles. The smallest absolute Gasteiger partial charge is 0.304 e. The Morgan fingerprint density at radius 3 is 3.00 bits per heavy atom. The number of nitrogens with zero attached hydrogens (tertiary/aromatic N) is 1. The van der Waals surface area contributed by atoms with E-state index in [-0.39, 0.29) is 4.87 Å². The van der Waals surface area contributed by atoms with Crippen molar-refractivity contribution in [2.45, 2.75) is 20.4 Å². The maximum Gasteiger partial charge on any atom is 0.304 e. The first-order valence-corrected chi connectivity index (χ1v) is 5.66. The molecule has 4 N–H and O–H groups in total. The first-order valence-electron chi connectivity index (χ1n) is 4.78. The normalized spacial score (nSPS) is 12.1. The Morgan fingerprint density at radius 2 is 2.47 bits per heavy atom. The van der Waals surface area contributed by atoms with Crippen LogP contribution in [-0.4, -0.2) is 17.5 Å². The van der Waals surface area contributed by atoms with Crippen LogP contribution in [0.1, 0.15) is 19.5 Å². The minimum atomic E-state index is -0.0612. The lowest BCUT2D eigenvalue weighted by Crippen LogP contribution is -2.34. The van der Waals surface area contributed by atoms with Gasteiger partial charge >= 0.3 is 4.87 Å². The second-order valence-corrected chi connectivity index (χ2v) is 4.49. The van der Waals surface area contributed by atoms with Gasteiger partial charge in [-0.25, -0.2) is 4.99 Å². The molecule has 6 heteroatoms. The number of hydrogen-bond donors (Lipinski definition) is 3. The molecule has 15 heavy (non-hydrogen) atoms. The van der Waals surface area contributed by atoms with Crippen LogP contribution in [0.25, 0.3) is 0 Å². The average molecular weight is 228 g/mol. The average Bonchev–Trinajstić information content (AvgIpc) is 2.58. The Labute approximate surface area is 92.4 Å². The molecule has 0 saturated carbocycles. The molecule has 0 fully saturated rings. The van der Waals surface area contributed by atoms with Crippen LogP contribution in [0, 0.1) is 5.92 Å². The van der Waals surface area contributed by atoms with Crippen LogP contribution in [0.2, 0.25) is 0 Å². The van der Waals surface area contributed by atoms with E-state index in [1.54, 1.807) is 5.38 Å². The number of aromatic nitrogens is 1. The topological polar surface area (TPSA) is 83.3 Å².